The molecular formula is C23H14ClN5O4. The number of hydrogen-bond donors (Lipinski definition) is 1. The first-order valence-electron chi connectivity index (χ1n) is 9.76. The summed E-state index contributed by atoms with van der Waals surface area (Å²) in [5.41, 5.74) is 2.68. The Labute approximate surface area is 191 Å². The molecule has 1 amide bonds. The van der Waals surface area contributed by atoms with E-state index in [1.54, 1.807) is 30.3 Å². The van der Waals surface area contributed by atoms with Gasteiger partial charge in [-0.15, -0.1) is 10.2 Å². The van der Waals surface area contributed by atoms with Crippen molar-refractivity contribution in [3.63, 3.8) is 0 Å². The Kier molecular flexibility index (Phi) is 5.08. The van der Waals surface area contributed by atoms with Crippen LogP contribution in [0.15, 0.2) is 83.3 Å². The summed E-state index contributed by atoms with van der Waals surface area (Å²) in [5, 5.41) is 22.9. The quantitative estimate of drug-likeness (QED) is 0.274. The van der Waals surface area contributed by atoms with Gasteiger partial charge in [-0.25, -0.2) is 0 Å². The molecule has 0 radical (unpaired) electrons. The third kappa shape index (κ3) is 4.04. The Morgan fingerprint density at radius 1 is 0.970 bits per heavy atom. The lowest BCUT2D eigenvalue weighted by atomic mass is 10.1. The molecule has 5 aromatic rings. The van der Waals surface area contributed by atoms with Crippen molar-refractivity contribution in [2.45, 2.75) is 0 Å². The third-order valence-electron chi connectivity index (χ3n) is 4.88. The third-order valence-corrected chi connectivity index (χ3v) is 5.19. The minimum absolute atomic E-state index is 0.0283. The average molecular weight is 460 g/mol. The second-order valence-electron chi connectivity index (χ2n) is 7.07. The molecule has 0 aliphatic heterocycles. The monoisotopic (exact) mass is 459 g/mol. The van der Waals surface area contributed by atoms with Crippen molar-refractivity contribution in [1.29, 1.82) is 0 Å². The number of benzene rings is 3. The molecule has 0 saturated carbocycles. The van der Waals surface area contributed by atoms with E-state index in [0.29, 0.717) is 33.1 Å². The van der Waals surface area contributed by atoms with Gasteiger partial charge in [-0.1, -0.05) is 41.9 Å². The Balaban J connectivity index is 1.40. The first-order valence-corrected chi connectivity index (χ1v) is 10.1. The molecule has 9 nitrogen and oxygen atoms in total. The topological polar surface area (TPSA) is 116 Å². The molecular weight excluding hydrogens is 446 g/mol. The molecule has 0 fully saturated rings. The van der Waals surface area contributed by atoms with Crippen LogP contribution in [0.3, 0.4) is 0 Å². The second kappa shape index (κ2) is 8.21. The maximum absolute atomic E-state index is 12.7. The summed E-state index contributed by atoms with van der Waals surface area (Å²) >= 11 is 6.35. The van der Waals surface area contributed by atoms with E-state index < -0.39 is 10.8 Å². The van der Waals surface area contributed by atoms with Gasteiger partial charge < -0.3 is 9.73 Å². The summed E-state index contributed by atoms with van der Waals surface area (Å²) in [6.45, 7) is 0. The van der Waals surface area contributed by atoms with Crippen LogP contribution >= 0.6 is 11.6 Å². The van der Waals surface area contributed by atoms with Crippen molar-refractivity contribution in [1.82, 2.24) is 15.0 Å². The summed E-state index contributed by atoms with van der Waals surface area (Å²) in [5.74, 6) is -0.166. The lowest BCUT2D eigenvalue weighted by molar-refractivity contribution is -0.384. The van der Waals surface area contributed by atoms with Crippen LogP contribution in [-0.2, 0) is 0 Å². The molecule has 2 heterocycles. The van der Waals surface area contributed by atoms with Crippen molar-refractivity contribution in [3.05, 3.63) is 99.8 Å². The number of furan rings is 1. The number of aromatic nitrogens is 3. The van der Waals surface area contributed by atoms with Crippen LogP contribution in [0.1, 0.15) is 10.6 Å². The van der Waals surface area contributed by atoms with Crippen LogP contribution in [0.25, 0.3) is 28.0 Å². The predicted octanol–water partition coefficient (Wildman–Crippen LogP) is 5.49. The fourth-order valence-electron chi connectivity index (χ4n) is 3.28. The highest BCUT2D eigenvalue weighted by Gasteiger charge is 2.17. The number of anilines is 1. The van der Waals surface area contributed by atoms with Crippen LogP contribution in [-0.4, -0.2) is 25.8 Å². The number of amides is 1. The maximum atomic E-state index is 12.7. The highest BCUT2D eigenvalue weighted by Crippen LogP contribution is 2.29. The van der Waals surface area contributed by atoms with Gasteiger partial charge in [0.05, 0.1) is 21.3 Å². The number of para-hydroxylation sites is 1. The number of nitro benzene ring substituents is 1. The van der Waals surface area contributed by atoms with Crippen molar-refractivity contribution in [2.24, 2.45) is 0 Å². The van der Waals surface area contributed by atoms with E-state index >= 15 is 0 Å². The van der Waals surface area contributed by atoms with Gasteiger partial charge in [-0.3, -0.25) is 14.9 Å². The smallest absolute Gasteiger partial charge is 0.291 e. The van der Waals surface area contributed by atoms with Gasteiger partial charge in [0, 0.05) is 17.7 Å². The lowest BCUT2D eigenvalue weighted by Gasteiger charge is -2.05. The first kappa shape index (κ1) is 20.4. The summed E-state index contributed by atoms with van der Waals surface area (Å²) in [6, 6.07) is 21.7. The van der Waals surface area contributed by atoms with E-state index in [4.69, 9.17) is 16.0 Å². The normalized spacial score (nSPS) is 10.9. The molecule has 0 aliphatic carbocycles. The minimum Gasteiger partial charge on any atom is -0.451 e. The van der Waals surface area contributed by atoms with Crippen LogP contribution in [0.4, 0.5) is 11.4 Å². The molecule has 0 aliphatic rings. The molecule has 2 aromatic heterocycles. The number of nitrogens with one attached hydrogen (secondary N) is 1. The van der Waals surface area contributed by atoms with Gasteiger partial charge in [-0.2, -0.15) is 4.80 Å². The molecule has 5 rings (SSSR count). The van der Waals surface area contributed by atoms with Crippen molar-refractivity contribution in [2.75, 3.05) is 5.32 Å². The predicted molar refractivity (Wildman–Crippen MR) is 123 cm³/mol. The minimum atomic E-state index is -0.525. The van der Waals surface area contributed by atoms with Crippen LogP contribution in [0, 0.1) is 10.1 Å². The highest BCUT2D eigenvalue weighted by atomic mass is 35.5. The zero-order valence-electron chi connectivity index (χ0n) is 16.8. The number of rotatable bonds is 5. The number of nitrogens with zero attached hydrogens (tertiary/aromatic N) is 4. The molecule has 162 valence electrons. The Hall–Kier alpha value is -4.50. The molecule has 0 unspecified atom stereocenters. The molecule has 3 aromatic carbocycles. The summed E-state index contributed by atoms with van der Waals surface area (Å²) in [7, 11) is 0. The number of carbonyl (C=O) groups excluding carboxylic acids is 1. The lowest BCUT2D eigenvalue weighted by Crippen LogP contribution is -2.11. The Morgan fingerprint density at radius 2 is 1.73 bits per heavy atom. The van der Waals surface area contributed by atoms with Gasteiger partial charge in [0.15, 0.2) is 5.76 Å². The SMILES string of the molecule is O=C(Nc1cc2nn(-c3ccccc3)nc2cc1Cl)c1ccc(-c2cccc([N+](=O)[O-])c2)o1. The number of carbonyl (C=O) groups is 1. The fraction of sp³-hybridized carbons (Fsp3) is 0. The molecule has 0 spiro atoms. The zero-order valence-corrected chi connectivity index (χ0v) is 17.6. The van der Waals surface area contributed by atoms with Crippen LogP contribution in [0.2, 0.25) is 5.02 Å². The standard InChI is InChI=1S/C23H14ClN5O4/c24-17-12-19-20(27-28(26-19)15-6-2-1-3-7-15)13-18(17)25-23(30)22-10-9-21(33-22)14-5-4-8-16(11-14)29(31)32/h1-13H,(H,25,30). The molecule has 1 N–H and O–H groups in total. The van der Waals surface area contributed by atoms with Gasteiger partial charge in [-0.05, 0) is 36.4 Å². The van der Waals surface area contributed by atoms with Crippen molar-refractivity contribution in [3.8, 4) is 17.0 Å². The number of non-ortho nitro benzene ring substituents is 1. The van der Waals surface area contributed by atoms with E-state index in [1.807, 2.05) is 30.3 Å². The first-order chi connectivity index (χ1) is 16.0. The highest BCUT2D eigenvalue weighted by molar-refractivity contribution is 6.34. The van der Waals surface area contributed by atoms with E-state index in [1.165, 1.54) is 23.0 Å². The zero-order chi connectivity index (χ0) is 22.9. The Bertz CT molecular complexity index is 1510. The number of nitro groups is 1. The summed E-state index contributed by atoms with van der Waals surface area (Å²) in [4.78, 5) is 24.7. The molecule has 0 atom stereocenters. The van der Waals surface area contributed by atoms with E-state index in [-0.39, 0.29) is 11.4 Å². The maximum Gasteiger partial charge on any atom is 0.291 e. The van der Waals surface area contributed by atoms with Crippen molar-refractivity contribution >= 4 is 39.9 Å². The molecule has 0 bridgehead atoms. The summed E-state index contributed by atoms with van der Waals surface area (Å²) in [6.07, 6.45) is 0. The fourth-order valence-corrected chi connectivity index (χ4v) is 3.49. The number of halogens is 1. The van der Waals surface area contributed by atoms with Gasteiger partial charge in [0.1, 0.15) is 16.8 Å². The second-order valence-corrected chi connectivity index (χ2v) is 7.48. The molecule has 33 heavy (non-hydrogen) atoms. The average Bonchev–Trinajstić information content (AvgIpc) is 3.47. The van der Waals surface area contributed by atoms with Gasteiger partial charge in [0.2, 0.25) is 0 Å². The van der Waals surface area contributed by atoms with E-state index in [2.05, 4.69) is 15.5 Å². The Morgan fingerprint density at radius 3 is 2.48 bits per heavy atom. The van der Waals surface area contributed by atoms with E-state index in [9.17, 15) is 14.9 Å². The van der Waals surface area contributed by atoms with Gasteiger partial charge >= 0.3 is 0 Å². The number of hydrogen-bond acceptors (Lipinski definition) is 6. The molecule has 10 heteroatoms. The van der Waals surface area contributed by atoms with E-state index in [0.717, 1.165) is 5.69 Å². The van der Waals surface area contributed by atoms with Gasteiger partial charge in [0.25, 0.3) is 11.6 Å². The largest absolute Gasteiger partial charge is 0.451 e. The van der Waals surface area contributed by atoms with Crippen LogP contribution < -0.4 is 5.32 Å². The summed E-state index contributed by atoms with van der Waals surface area (Å²) < 4.78 is 5.62. The molecule has 0 saturated heterocycles. The van der Waals surface area contributed by atoms with Crippen LogP contribution in [0.5, 0.6) is 0 Å². The number of fused-ring (bicyclic) bond motifs is 1. The van der Waals surface area contributed by atoms with Crippen molar-refractivity contribution < 1.29 is 14.1 Å².